The highest BCUT2D eigenvalue weighted by Crippen LogP contribution is 1.68. The fourth-order valence-corrected chi connectivity index (χ4v) is 0.153. The summed E-state index contributed by atoms with van der Waals surface area (Å²) in [5.41, 5.74) is 14.4. The summed E-state index contributed by atoms with van der Waals surface area (Å²) in [5.74, 6) is -1.93. The van der Waals surface area contributed by atoms with E-state index in [0.717, 1.165) is 6.08 Å². The van der Waals surface area contributed by atoms with Gasteiger partial charge in [0.05, 0.1) is 0 Å². The van der Waals surface area contributed by atoms with Crippen LogP contribution in [0.3, 0.4) is 0 Å². The third-order valence-corrected chi connectivity index (χ3v) is 0.557. The Balaban J connectivity index is 0. The molecule has 0 spiro atoms. The highest BCUT2D eigenvalue weighted by molar-refractivity contribution is 5.92. The monoisotopic (exact) mass is 175 g/mol. The van der Waals surface area contributed by atoms with Crippen LogP contribution in [0.1, 0.15) is 0 Å². The van der Waals surface area contributed by atoms with E-state index in [4.69, 9.17) is 16.6 Å². The Labute approximate surface area is 70.0 Å². The van der Waals surface area contributed by atoms with Crippen molar-refractivity contribution in [2.45, 2.75) is 0 Å². The molecular weight excluding hydrogens is 162 g/mol. The minimum Gasteiger partial charge on any atom is -0.478 e. The van der Waals surface area contributed by atoms with Gasteiger partial charge in [-0.2, -0.15) is 0 Å². The number of nitrogens with two attached hydrogens (primary N) is 3. The maximum absolute atomic E-state index is 9.78. The maximum atomic E-state index is 9.78. The van der Waals surface area contributed by atoms with E-state index in [0.29, 0.717) is 19.2 Å². The average molecular weight is 175 g/mol. The number of primary amides is 1. The number of aliphatic carboxylic acids is 1. The molecule has 0 saturated heterocycles. The highest BCUT2D eigenvalue weighted by Gasteiger charge is 1.86. The Morgan fingerprint density at radius 3 is 1.67 bits per heavy atom. The van der Waals surface area contributed by atoms with Crippen molar-refractivity contribution >= 4 is 11.9 Å². The Bertz CT molecular complexity index is 149. The number of amides is 1. The number of hydrogen-bond donors (Lipinski definition) is 4. The van der Waals surface area contributed by atoms with Gasteiger partial charge in [-0.25, -0.2) is 4.79 Å². The zero-order chi connectivity index (χ0) is 9.98. The predicted molar refractivity (Wildman–Crippen MR) is 44.1 cm³/mol. The van der Waals surface area contributed by atoms with Crippen LogP contribution in [0.25, 0.3) is 0 Å². The lowest BCUT2D eigenvalue weighted by Crippen LogP contribution is -2.11. The number of carboxylic acid groups (broad SMARTS) is 1. The van der Waals surface area contributed by atoms with Crippen LogP contribution in [0, 0.1) is 0 Å². The summed E-state index contributed by atoms with van der Waals surface area (Å²) in [5, 5.41) is 7.87. The van der Waals surface area contributed by atoms with Gasteiger partial charge in [0, 0.05) is 25.2 Å². The molecule has 0 aliphatic heterocycles. The van der Waals surface area contributed by atoms with E-state index in [1.54, 1.807) is 0 Å². The Kier molecular flexibility index (Phi) is 10.6. The van der Waals surface area contributed by atoms with Gasteiger partial charge in [0.1, 0.15) is 0 Å². The van der Waals surface area contributed by atoms with Crippen molar-refractivity contribution in [3.05, 3.63) is 12.2 Å². The minimum absolute atomic E-state index is 0.597. The summed E-state index contributed by atoms with van der Waals surface area (Å²) in [6, 6.07) is 0. The predicted octanol–water partition coefficient (Wildman–Crippen LogP) is -1.98. The molecule has 70 valence electrons. The number of hydrogen-bond acceptors (Lipinski definition) is 4. The van der Waals surface area contributed by atoms with Gasteiger partial charge in [0.2, 0.25) is 5.91 Å². The molecule has 0 fully saturated rings. The smallest absolute Gasteiger partial charge is 0.328 e. The molecule has 0 atom stereocenters. The van der Waals surface area contributed by atoms with E-state index in [-0.39, 0.29) is 0 Å². The molecule has 0 saturated carbocycles. The molecule has 0 aliphatic rings. The van der Waals surface area contributed by atoms with Gasteiger partial charge in [0.25, 0.3) is 0 Å². The molecule has 0 aliphatic carbocycles. The molecule has 7 N–H and O–H groups in total. The van der Waals surface area contributed by atoms with E-state index < -0.39 is 11.9 Å². The Morgan fingerprint density at radius 1 is 1.17 bits per heavy atom. The molecule has 1 amide bonds. The Morgan fingerprint density at radius 2 is 1.58 bits per heavy atom. The van der Waals surface area contributed by atoms with Crippen LogP contribution in [-0.4, -0.2) is 30.1 Å². The summed E-state index contributed by atoms with van der Waals surface area (Å²) in [6.45, 7) is 1.19. The molecule has 0 rings (SSSR count). The summed E-state index contributed by atoms with van der Waals surface area (Å²) >= 11 is 0. The van der Waals surface area contributed by atoms with E-state index in [9.17, 15) is 9.59 Å². The largest absolute Gasteiger partial charge is 0.478 e. The lowest BCUT2D eigenvalue weighted by Gasteiger charge is -1.75. The lowest BCUT2D eigenvalue weighted by atomic mass is 10.5. The van der Waals surface area contributed by atoms with Crippen LogP contribution in [0.5, 0.6) is 0 Å². The molecule has 0 unspecified atom stereocenters. The summed E-state index contributed by atoms with van der Waals surface area (Å²) in [4.78, 5) is 19.4. The molecule has 6 nitrogen and oxygen atoms in total. The van der Waals surface area contributed by atoms with Gasteiger partial charge in [-0.05, 0) is 0 Å². The highest BCUT2D eigenvalue weighted by atomic mass is 16.4. The second kappa shape index (κ2) is 9.60. The molecule has 12 heavy (non-hydrogen) atoms. The molecule has 0 aromatic heterocycles. The fraction of sp³-hybridized carbons (Fsp3) is 0.333. The third-order valence-electron chi connectivity index (χ3n) is 0.557. The zero-order valence-corrected chi connectivity index (χ0v) is 6.56. The number of rotatable bonds is 3. The van der Waals surface area contributed by atoms with Crippen molar-refractivity contribution < 1.29 is 14.7 Å². The first-order valence-corrected chi connectivity index (χ1v) is 3.15. The summed E-state index contributed by atoms with van der Waals surface area (Å²) < 4.78 is 0. The summed E-state index contributed by atoms with van der Waals surface area (Å²) in [7, 11) is 0. The molecule has 6 heteroatoms. The molecule has 0 bridgehead atoms. The van der Waals surface area contributed by atoms with Crippen LogP contribution in [-0.2, 0) is 9.59 Å². The maximum Gasteiger partial charge on any atom is 0.328 e. The van der Waals surface area contributed by atoms with Crippen molar-refractivity contribution in [3.8, 4) is 0 Å². The summed E-state index contributed by atoms with van der Waals surface area (Å²) in [6.07, 6.45) is 1.46. The molecule has 0 aromatic rings. The number of carbonyl (C=O) groups is 2. The van der Waals surface area contributed by atoms with Gasteiger partial charge >= 0.3 is 5.97 Å². The SMILES string of the molecule is NC(=O)/C=C\C(=O)O.NCCN. The normalized spacial score (nSPS) is 8.83. The van der Waals surface area contributed by atoms with Crippen molar-refractivity contribution in [1.82, 2.24) is 0 Å². The van der Waals surface area contributed by atoms with Gasteiger partial charge in [-0.1, -0.05) is 0 Å². The van der Waals surface area contributed by atoms with Crippen LogP contribution in [0.15, 0.2) is 12.2 Å². The van der Waals surface area contributed by atoms with Crippen molar-refractivity contribution in [2.24, 2.45) is 17.2 Å². The first-order chi connectivity index (χ1) is 5.54. The van der Waals surface area contributed by atoms with Crippen molar-refractivity contribution in [1.29, 1.82) is 0 Å². The van der Waals surface area contributed by atoms with Crippen LogP contribution >= 0.6 is 0 Å². The van der Waals surface area contributed by atoms with Gasteiger partial charge < -0.3 is 22.3 Å². The number of carbonyl (C=O) groups excluding carboxylic acids is 1. The van der Waals surface area contributed by atoms with Crippen LogP contribution in [0.4, 0.5) is 0 Å². The van der Waals surface area contributed by atoms with Crippen molar-refractivity contribution in [2.75, 3.05) is 13.1 Å². The quantitative estimate of drug-likeness (QED) is 0.369. The molecular formula is C6H13N3O3. The fourth-order valence-electron chi connectivity index (χ4n) is 0.153. The van der Waals surface area contributed by atoms with Crippen molar-refractivity contribution in [3.63, 3.8) is 0 Å². The third kappa shape index (κ3) is 23.5. The Hall–Kier alpha value is -1.40. The second-order valence-electron chi connectivity index (χ2n) is 1.65. The van der Waals surface area contributed by atoms with Crippen LogP contribution < -0.4 is 17.2 Å². The topological polar surface area (TPSA) is 132 Å². The molecule has 0 heterocycles. The minimum atomic E-state index is -1.18. The van der Waals surface area contributed by atoms with E-state index >= 15 is 0 Å². The molecule has 0 radical (unpaired) electrons. The van der Waals surface area contributed by atoms with E-state index in [2.05, 4.69) is 5.73 Å². The van der Waals surface area contributed by atoms with Gasteiger partial charge in [-0.3, -0.25) is 4.79 Å². The van der Waals surface area contributed by atoms with Gasteiger partial charge in [0.15, 0.2) is 0 Å². The second-order valence-corrected chi connectivity index (χ2v) is 1.65. The van der Waals surface area contributed by atoms with Crippen LogP contribution in [0.2, 0.25) is 0 Å². The zero-order valence-electron chi connectivity index (χ0n) is 6.56. The van der Waals surface area contributed by atoms with E-state index in [1.165, 1.54) is 0 Å². The van der Waals surface area contributed by atoms with E-state index in [1.807, 2.05) is 0 Å². The first-order valence-electron chi connectivity index (χ1n) is 3.15. The molecule has 0 aromatic carbocycles. The lowest BCUT2D eigenvalue weighted by molar-refractivity contribution is -0.131. The average Bonchev–Trinajstić information content (AvgIpc) is 2.01. The van der Waals surface area contributed by atoms with Gasteiger partial charge in [-0.15, -0.1) is 0 Å². The first kappa shape index (κ1) is 13.2. The number of carboxylic acids is 1. The standard InChI is InChI=1S/C4H5NO3.C2H8N2/c5-3(6)1-2-4(7)8;3-1-2-4/h1-2H,(H2,5,6)(H,7,8);1-4H2/b2-1-;.